The molecule has 0 aliphatic heterocycles. The maximum Gasteiger partial charge on any atom is 0.164 e. The highest BCUT2D eigenvalue weighted by Gasteiger charge is 2.23. The third-order valence-corrected chi connectivity index (χ3v) is 13.7. The molecule has 0 unspecified atom stereocenters. The number of anilines is 2. The van der Waals surface area contributed by atoms with Crippen LogP contribution in [0.25, 0.3) is 112 Å². The highest BCUT2D eigenvalue weighted by Crippen LogP contribution is 2.42. The Labute approximate surface area is 435 Å². The van der Waals surface area contributed by atoms with Crippen molar-refractivity contribution in [3.05, 3.63) is 272 Å². The maximum atomic E-state index is 6.62. The lowest BCUT2D eigenvalue weighted by atomic mass is 9.93. The summed E-state index contributed by atoms with van der Waals surface area (Å²) in [5.74, 6) is 8.71. The van der Waals surface area contributed by atoms with Crippen molar-refractivity contribution in [1.82, 2.24) is 15.0 Å². The first-order valence-corrected chi connectivity index (χ1v) is 25.2. The van der Waals surface area contributed by atoms with Crippen LogP contribution >= 0.6 is 0 Å². The van der Waals surface area contributed by atoms with Crippen LogP contribution < -0.4 is 5.32 Å². The van der Waals surface area contributed by atoms with Crippen LogP contribution in [0, 0.1) is 11.8 Å². The van der Waals surface area contributed by atoms with Crippen molar-refractivity contribution in [2.45, 2.75) is 6.42 Å². The molecule has 5 nitrogen and oxygen atoms in total. The lowest BCUT2D eigenvalue weighted by Gasteiger charge is -2.18. The third-order valence-electron chi connectivity index (χ3n) is 13.7. The highest BCUT2D eigenvalue weighted by atomic mass is 16.3. The van der Waals surface area contributed by atoms with Gasteiger partial charge in [0.25, 0.3) is 0 Å². The molecule has 5 heteroatoms. The summed E-state index contributed by atoms with van der Waals surface area (Å²) >= 11 is 0. The Bertz CT molecular complexity index is 3950. The Morgan fingerprint density at radius 1 is 0.387 bits per heavy atom. The number of benzene rings is 10. The Balaban J connectivity index is 1.07. The summed E-state index contributed by atoms with van der Waals surface area (Å²) in [7, 11) is 0. The van der Waals surface area contributed by atoms with E-state index in [1.807, 2.05) is 54.6 Å². The number of hydrogen-bond donors (Lipinski definition) is 1. The van der Waals surface area contributed by atoms with E-state index >= 15 is 0 Å². The molecule has 0 atom stereocenters. The van der Waals surface area contributed by atoms with Gasteiger partial charge in [-0.05, 0) is 117 Å². The molecule has 0 bridgehead atoms. The number of para-hydroxylation sites is 3. The van der Waals surface area contributed by atoms with Gasteiger partial charge < -0.3 is 9.73 Å². The van der Waals surface area contributed by atoms with Gasteiger partial charge in [-0.1, -0.05) is 206 Å². The Hall–Kier alpha value is -10.2. The second-order valence-corrected chi connectivity index (χ2v) is 18.6. The molecular weight excluding hydrogens is 913 g/mol. The minimum atomic E-state index is 0.510. The van der Waals surface area contributed by atoms with E-state index < -0.39 is 0 Å². The predicted octanol–water partition coefficient (Wildman–Crippen LogP) is 18.1. The lowest BCUT2D eigenvalue weighted by molar-refractivity contribution is 0.668. The van der Waals surface area contributed by atoms with Gasteiger partial charge in [-0.25, -0.2) is 15.0 Å². The fraction of sp³-hybridized carbons (Fsp3) is 0.0143. The van der Waals surface area contributed by atoms with Crippen molar-refractivity contribution >= 4 is 44.5 Å². The quantitative estimate of drug-likeness (QED) is 0.131. The summed E-state index contributed by atoms with van der Waals surface area (Å²) < 4.78 is 6.62. The number of rotatable bonds is 11. The largest absolute Gasteiger partial charge is 0.455 e. The molecule has 2 heterocycles. The van der Waals surface area contributed by atoms with Gasteiger partial charge >= 0.3 is 0 Å². The second kappa shape index (κ2) is 19.8. The van der Waals surface area contributed by atoms with E-state index in [9.17, 15) is 0 Å². The molecule has 0 spiro atoms. The molecule has 0 fully saturated rings. The van der Waals surface area contributed by atoms with Crippen molar-refractivity contribution in [1.29, 1.82) is 0 Å². The Morgan fingerprint density at radius 2 is 0.840 bits per heavy atom. The third kappa shape index (κ3) is 9.10. The van der Waals surface area contributed by atoms with Crippen LogP contribution in [0.4, 0.5) is 11.4 Å². The molecule has 10 aromatic carbocycles. The van der Waals surface area contributed by atoms with Crippen LogP contribution in [0.1, 0.15) is 17.5 Å². The van der Waals surface area contributed by atoms with Gasteiger partial charge in [-0.3, -0.25) is 0 Å². The summed E-state index contributed by atoms with van der Waals surface area (Å²) in [6.07, 6.45) is 4.95. The zero-order valence-corrected chi connectivity index (χ0v) is 40.8. The van der Waals surface area contributed by atoms with Gasteiger partial charge in [0.05, 0.1) is 0 Å². The van der Waals surface area contributed by atoms with E-state index in [1.54, 1.807) is 0 Å². The van der Waals surface area contributed by atoms with E-state index in [4.69, 9.17) is 19.4 Å². The smallest absolute Gasteiger partial charge is 0.164 e. The number of furan rings is 1. The molecule has 0 saturated carbocycles. The molecular formula is C70H46N4O. The first-order valence-electron chi connectivity index (χ1n) is 25.2. The number of nitrogens with one attached hydrogen (secondary N) is 1. The van der Waals surface area contributed by atoms with Gasteiger partial charge in [0, 0.05) is 62.0 Å². The first kappa shape index (κ1) is 44.8. The first-order chi connectivity index (χ1) is 37.1. The Morgan fingerprint density at radius 3 is 1.40 bits per heavy atom. The van der Waals surface area contributed by atoms with Crippen LogP contribution in [0.15, 0.2) is 265 Å². The molecule has 12 aromatic rings. The maximum absolute atomic E-state index is 6.62. The second-order valence-electron chi connectivity index (χ2n) is 18.6. The minimum absolute atomic E-state index is 0.510. The van der Waals surface area contributed by atoms with Crippen LogP contribution in [0.2, 0.25) is 0 Å². The number of aromatic nitrogens is 3. The topological polar surface area (TPSA) is 63.8 Å². The standard InChI is InChI=1S/C70H46N4O/c1-6-22-47(23-7-1)53-41-54(48-24-8-2-9-25-48)44-57(43-53)68-72-69(58-45-55(49-26-10-3-11-27-49)42-56(46-58)50-28-12-4-13-29-50)74-70(73-68)63-37-21-38-64(71-59-32-14-5-15-33-59)66(63)52-31-17-16-30-51(40-52)60-35-20-36-62-61-34-18-19-39-65(61)75-67(60)62/h1-15,18-30,32-46,71H,16H2. The number of nitrogens with zero attached hydrogens (tertiary/aromatic N) is 3. The van der Waals surface area contributed by atoms with E-state index in [2.05, 4.69) is 223 Å². The highest BCUT2D eigenvalue weighted by molar-refractivity contribution is 6.10. The summed E-state index contributed by atoms with van der Waals surface area (Å²) in [6, 6.07) is 86.4. The van der Waals surface area contributed by atoms with Gasteiger partial charge in [0.1, 0.15) is 11.2 Å². The molecule has 0 amide bonds. The van der Waals surface area contributed by atoms with Crippen LogP contribution in [-0.2, 0) is 0 Å². The molecule has 0 radical (unpaired) electrons. The molecule has 0 saturated heterocycles. The van der Waals surface area contributed by atoms with Crippen molar-refractivity contribution in [3.8, 4) is 90.5 Å². The van der Waals surface area contributed by atoms with Crippen LogP contribution in [0.3, 0.4) is 0 Å². The van der Waals surface area contributed by atoms with Crippen molar-refractivity contribution in [2.24, 2.45) is 0 Å². The summed E-state index contributed by atoms with van der Waals surface area (Å²) in [5.41, 5.74) is 18.3. The predicted molar refractivity (Wildman–Crippen MR) is 310 cm³/mol. The van der Waals surface area contributed by atoms with Crippen molar-refractivity contribution in [3.63, 3.8) is 0 Å². The average molecular weight is 959 g/mol. The van der Waals surface area contributed by atoms with E-state index in [1.165, 1.54) is 0 Å². The van der Waals surface area contributed by atoms with Gasteiger partial charge in [0.15, 0.2) is 17.5 Å². The molecule has 1 aliphatic carbocycles. The molecule has 13 rings (SSSR count). The van der Waals surface area contributed by atoms with Crippen molar-refractivity contribution in [2.75, 3.05) is 5.32 Å². The number of hydrogen-bond acceptors (Lipinski definition) is 5. The van der Waals surface area contributed by atoms with Gasteiger partial charge in [-0.2, -0.15) is 0 Å². The van der Waals surface area contributed by atoms with E-state index in [0.29, 0.717) is 23.9 Å². The molecule has 1 N–H and O–H groups in total. The van der Waals surface area contributed by atoms with E-state index in [-0.39, 0.29) is 0 Å². The SMILES string of the molecule is C1#CC(c2c(Nc3ccccc3)cccc2-c2nc(-c3cc(-c4ccccc4)cc(-c4ccccc4)c3)nc(-c3cc(-c4ccccc4)cc(-c4ccccc4)c3)n2)=CC(c2cccc3c2oc2ccccc23)=CC1. The zero-order valence-electron chi connectivity index (χ0n) is 40.8. The van der Waals surface area contributed by atoms with Crippen LogP contribution in [0.5, 0.6) is 0 Å². The zero-order chi connectivity index (χ0) is 49.9. The Kier molecular flexibility index (Phi) is 11.8. The monoisotopic (exact) mass is 958 g/mol. The van der Waals surface area contributed by atoms with Gasteiger partial charge in [0.2, 0.25) is 0 Å². The summed E-state index contributed by atoms with van der Waals surface area (Å²) in [4.78, 5) is 16.6. The molecule has 352 valence electrons. The number of fused-ring (bicyclic) bond motifs is 3. The summed E-state index contributed by atoms with van der Waals surface area (Å²) in [5, 5.41) is 5.93. The molecule has 2 aromatic heterocycles. The number of allylic oxidation sites excluding steroid dienone is 4. The van der Waals surface area contributed by atoms with Crippen molar-refractivity contribution < 1.29 is 4.42 Å². The average Bonchev–Trinajstić information content (AvgIpc) is 3.72. The fourth-order valence-electron chi connectivity index (χ4n) is 10.1. The fourth-order valence-corrected chi connectivity index (χ4v) is 10.1. The normalized spacial score (nSPS) is 12.1. The van der Waals surface area contributed by atoms with Gasteiger partial charge in [-0.15, -0.1) is 0 Å². The molecule has 1 aliphatic rings. The van der Waals surface area contributed by atoms with Crippen LogP contribution in [-0.4, -0.2) is 15.0 Å². The summed E-state index contributed by atoms with van der Waals surface area (Å²) in [6.45, 7) is 0. The minimum Gasteiger partial charge on any atom is -0.455 e. The van der Waals surface area contributed by atoms with E-state index in [0.717, 1.165) is 117 Å². The molecule has 75 heavy (non-hydrogen) atoms. The lowest BCUT2D eigenvalue weighted by Crippen LogP contribution is -2.04.